The van der Waals surface area contributed by atoms with Gasteiger partial charge >= 0.3 is 0 Å². The summed E-state index contributed by atoms with van der Waals surface area (Å²) in [5.41, 5.74) is 13.0. The van der Waals surface area contributed by atoms with Gasteiger partial charge in [0, 0.05) is 28.9 Å². The minimum Gasteiger partial charge on any atom is -0.256 e. The lowest BCUT2D eigenvalue weighted by atomic mass is 9.83. The van der Waals surface area contributed by atoms with Crippen molar-refractivity contribution in [3.63, 3.8) is 0 Å². The molecule has 7 aromatic carbocycles. The first-order chi connectivity index (χ1) is 24.8. The first-order valence-corrected chi connectivity index (χ1v) is 17.4. The molecule has 0 saturated heterocycles. The van der Waals surface area contributed by atoms with Crippen molar-refractivity contribution in [2.45, 2.75) is 12.8 Å². The van der Waals surface area contributed by atoms with Gasteiger partial charge in [-0.1, -0.05) is 127 Å². The maximum Gasteiger partial charge on any atom is 0.0718 e. The molecule has 0 atom stereocenters. The van der Waals surface area contributed by atoms with Crippen LogP contribution in [0.15, 0.2) is 164 Å². The van der Waals surface area contributed by atoms with Crippen molar-refractivity contribution in [1.82, 2.24) is 9.97 Å². The van der Waals surface area contributed by atoms with Crippen LogP contribution in [0.5, 0.6) is 0 Å². The summed E-state index contributed by atoms with van der Waals surface area (Å²) in [6.45, 7) is 0. The first-order valence-electron chi connectivity index (χ1n) is 17.4. The van der Waals surface area contributed by atoms with E-state index in [0.717, 1.165) is 46.1 Å². The number of allylic oxidation sites excluding steroid dienone is 1. The second kappa shape index (κ2) is 11.6. The van der Waals surface area contributed by atoms with Gasteiger partial charge in [0.05, 0.1) is 11.2 Å². The number of para-hydroxylation sites is 1. The first kappa shape index (κ1) is 28.6. The lowest BCUT2D eigenvalue weighted by molar-refractivity contribution is 0.986. The number of pyridine rings is 2. The average Bonchev–Trinajstić information content (AvgIpc) is 3.19. The largest absolute Gasteiger partial charge is 0.256 e. The van der Waals surface area contributed by atoms with E-state index in [-0.39, 0.29) is 0 Å². The summed E-state index contributed by atoms with van der Waals surface area (Å²) < 4.78 is 0. The van der Waals surface area contributed by atoms with Crippen molar-refractivity contribution in [3.05, 3.63) is 175 Å². The van der Waals surface area contributed by atoms with Gasteiger partial charge in [-0.15, -0.1) is 0 Å². The van der Waals surface area contributed by atoms with Crippen LogP contribution in [0.3, 0.4) is 0 Å². The van der Waals surface area contributed by atoms with Crippen molar-refractivity contribution < 1.29 is 0 Å². The summed E-state index contributed by atoms with van der Waals surface area (Å²) in [5, 5.41) is 8.65. The number of nitrogens with zero attached hydrogens (tertiary/aromatic N) is 2. The topological polar surface area (TPSA) is 25.8 Å². The Kier molecular flexibility index (Phi) is 6.67. The Morgan fingerprint density at radius 2 is 1.08 bits per heavy atom. The van der Waals surface area contributed by atoms with Crippen LogP contribution in [0, 0.1) is 0 Å². The van der Waals surface area contributed by atoms with Gasteiger partial charge in [-0.2, -0.15) is 0 Å². The summed E-state index contributed by atoms with van der Waals surface area (Å²) in [5.74, 6) is 0. The lowest BCUT2D eigenvalue weighted by Gasteiger charge is -2.20. The van der Waals surface area contributed by atoms with E-state index >= 15 is 0 Å². The third-order valence-electron chi connectivity index (χ3n) is 10.4. The van der Waals surface area contributed by atoms with Crippen molar-refractivity contribution in [2.75, 3.05) is 0 Å². The van der Waals surface area contributed by atoms with Crippen molar-refractivity contribution in [1.29, 1.82) is 0 Å². The molecule has 10 rings (SSSR count). The molecule has 2 heteroatoms. The maximum absolute atomic E-state index is 4.94. The minimum absolute atomic E-state index is 0.918. The maximum atomic E-state index is 4.94. The molecule has 0 radical (unpaired) electrons. The fourth-order valence-corrected chi connectivity index (χ4v) is 7.86. The zero-order chi connectivity index (χ0) is 33.0. The molecule has 0 N–H and O–H groups in total. The molecule has 50 heavy (non-hydrogen) atoms. The normalized spacial score (nSPS) is 12.6. The number of benzene rings is 7. The molecule has 0 bridgehead atoms. The average molecular weight is 637 g/mol. The number of aromatic nitrogens is 2. The Hall–Kier alpha value is -6.38. The quantitative estimate of drug-likeness (QED) is 0.180. The van der Waals surface area contributed by atoms with E-state index in [1.165, 1.54) is 65.7 Å². The summed E-state index contributed by atoms with van der Waals surface area (Å²) in [7, 11) is 0. The predicted molar refractivity (Wildman–Crippen MR) is 211 cm³/mol. The molecule has 1 aliphatic rings. The van der Waals surface area contributed by atoms with E-state index in [0.29, 0.717) is 0 Å². The van der Waals surface area contributed by atoms with Crippen LogP contribution in [0.2, 0.25) is 0 Å². The van der Waals surface area contributed by atoms with Gasteiger partial charge in [0.1, 0.15) is 0 Å². The highest BCUT2D eigenvalue weighted by molar-refractivity contribution is 6.22. The smallest absolute Gasteiger partial charge is 0.0718 e. The summed E-state index contributed by atoms with van der Waals surface area (Å²) in [6.07, 6.45) is 10.6. The van der Waals surface area contributed by atoms with Crippen molar-refractivity contribution >= 4 is 49.3 Å². The number of aryl methyl sites for hydroxylation is 1. The fourth-order valence-electron chi connectivity index (χ4n) is 7.86. The number of hydrogen-bond acceptors (Lipinski definition) is 2. The number of hydrogen-bond donors (Lipinski definition) is 0. The predicted octanol–water partition coefficient (Wildman–Crippen LogP) is 12.7. The molecule has 0 spiro atoms. The molecule has 2 nitrogen and oxygen atoms in total. The van der Waals surface area contributed by atoms with Gasteiger partial charge < -0.3 is 0 Å². The zero-order valence-corrected chi connectivity index (χ0v) is 27.5. The second-order valence-corrected chi connectivity index (χ2v) is 13.3. The van der Waals surface area contributed by atoms with Gasteiger partial charge in [0.15, 0.2) is 0 Å². The van der Waals surface area contributed by atoms with Crippen LogP contribution in [-0.4, -0.2) is 9.97 Å². The number of fused-ring (bicyclic) bond motifs is 5. The van der Waals surface area contributed by atoms with Crippen LogP contribution < -0.4 is 0 Å². The van der Waals surface area contributed by atoms with Gasteiger partial charge in [-0.3, -0.25) is 9.97 Å². The molecule has 0 unspecified atom stereocenters. The molecule has 0 fully saturated rings. The highest BCUT2D eigenvalue weighted by Gasteiger charge is 2.19. The monoisotopic (exact) mass is 636 g/mol. The van der Waals surface area contributed by atoms with E-state index in [1.54, 1.807) is 0 Å². The third-order valence-corrected chi connectivity index (χ3v) is 10.4. The SMILES string of the molecule is C1=Cc2ccc(-c3c4ccccc4c(-c4ccc5ccccc5c4)c4ccc(-c5ccc(-c6cnc7ccccc7c6)nc5)cc34)cc2CC1. The number of rotatable bonds is 4. The van der Waals surface area contributed by atoms with Gasteiger partial charge in [-0.05, 0) is 114 Å². The van der Waals surface area contributed by atoms with E-state index < -0.39 is 0 Å². The molecule has 1 aliphatic carbocycles. The highest BCUT2D eigenvalue weighted by atomic mass is 14.7. The molecule has 0 aliphatic heterocycles. The Balaban J connectivity index is 1.19. The van der Waals surface area contributed by atoms with Gasteiger partial charge in [0.25, 0.3) is 0 Å². The van der Waals surface area contributed by atoms with Crippen LogP contribution in [0.1, 0.15) is 17.5 Å². The van der Waals surface area contributed by atoms with E-state index in [2.05, 4.69) is 145 Å². The Bertz CT molecular complexity index is 2810. The standard InChI is InChI=1S/C48H32N2/c1-3-11-33-25-37(19-17-31(33)9-1)47-41-14-6-7-15-42(41)48(38-20-18-32-10-2-4-12-34(32)26-38)44-28-35(21-23-43(44)47)39-22-24-46(49-29-39)40-27-36-13-5-8-16-45(36)50-30-40/h1-3,5-11,13-30H,4,12H2. The third kappa shape index (κ3) is 4.80. The molecule has 234 valence electrons. The van der Waals surface area contributed by atoms with Crippen molar-refractivity contribution in [2.24, 2.45) is 0 Å². The van der Waals surface area contributed by atoms with E-state index in [1.807, 2.05) is 30.6 Å². The van der Waals surface area contributed by atoms with Gasteiger partial charge in [0.2, 0.25) is 0 Å². The van der Waals surface area contributed by atoms with E-state index in [4.69, 9.17) is 4.98 Å². The molecular weight excluding hydrogens is 605 g/mol. The van der Waals surface area contributed by atoms with Crippen LogP contribution in [0.25, 0.3) is 93.9 Å². The highest BCUT2D eigenvalue weighted by Crippen LogP contribution is 2.45. The lowest BCUT2D eigenvalue weighted by Crippen LogP contribution is -1.96. The van der Waals surface area contributed by atoms with Crippen LogP contribution >= 0.6 is 0 Å². The fraction of sp³-hybridized carbons (Fsp3) is 0.0417. The second-order valence-electron chi connectivity index (χ2n) is 13.3. The summed E-state index contributed by atoms with van der Waals surface area (Å²) in [4.78, 5) is 9.61. The summed E-state index contributed by atoms with van der Waals surface area (Å²) >= 11 is 0. The molecular formula is C48H32N2. The molecule has 2 heterocycles. The molecule has 0 saturated carbocycles. The Morgan fingerprint density at radius 1 is 0.420 bits per heavy atom. The Morgan fingerprint density at radius 3 is 1.94 bits per heavy atom. The summed E-state index contributed by atoms with van der Waals surface area (Å²) in [6, 6.07) is 53.2. The van der Waals surface area contributed by atoms with Crippen LogP contribution in [0.4, 0.5) is 0 Å². The minimum atomic E-state index is 0.918. The Labute approximate surface area is 291 Å². The van der Waals surface area contributed by atoms with Crippen LogP contribution in [-0.2, 0) is 6.42 Å². The zero-order valence-electron chi connectivity index (χ0n) is 27.5. The molecule has 2 aromatic heterocycles. The molecule has 9 aromatic rings. The molecule has 0 amide bonds. The van der Waals surface area contributed by atoms with Gasteiger partial charge in [-0.25, -0.2) is 0 Å². The van der Waals surface area contributed by atoms with E-state index in [9.17, 15) is 0 Å². The van der Waals surface area contributed by atoms with Crippen molar-refractivity contribution in [3.8, 4) is 44.6 Å².